The highest BCUT2D eigenvalue weighted by Gasteiger charge is 2.40. The first-order valence-corrected chi connectivity index (χ1v) is 8.15. The van der Waals surface area contributed by atoms with Crippen LogP contribution in [0.3, 0.4) is 0 Å². The molecular formula is C16H32N2O2. The summed E-state index contributed by atoms with van der Waals surface area (Å²) in [4.78, 5) is 14.6. The van der Waals surface area contributed by atoms with Crippen molar-refractivity contribution >= 4 is 5.91 Å². The van der Waals surface area contributed by atoms with Crippen molar-refractivity contribution in [1.29, 1.82) is 0 Å². The largest absolute Gasteiger partial charge is 0.382 e. The van der Waals surface area contributed by atoms with Gasteiger partial charge in [-0.1, -0.05) is 34.1 Å². The number of carbonyl (C=O) groups is 1. The van der Waals surface area contributed by atoms with Gasteiger partial charge in [0.25, 0.3) is 0 Å². The number of nitrogens with one attached hydrogen (secondary N) is 1. The van der Waals surface area contributed by atoms with Gasteiger partial charge in [-0.05, 0) is 31.6 Å². The summed E-state index contributed by atoms with van der Waals surface area (Å²) in [6.07, 6.45) is 3.17. The molecule has 1 fully saturated rings. The van der Waals surface area contributed by atoms with Crippen LogP contribution in [0.25, 0.3) is 0 Å². The first-order chi connectivity index (χ1) is 9.51. The Morgan fingerprint density at radius 1 is 1.30 bits per heavy atom. The molecular weight excluding hydrogens is 252 g/mol. The Morgan fingerprint density at radius 3 is 2.55 bits per heavy atom. The molecule has 0 bridgehead atoms. The Labute approximate surface area is 124 Å². The maximum atomic E-state index is 12.6. The average molecular weight is 284 g/mol. The quantitative estimate of drug-likeness (QED) is 0.662. The van der Waals surface area contributed by atoms with Crippen LogP contribution in [0.5, 0.6) is 0 Å². The van der Waals surface area contributed by atoms with Crippen molar-refractivity contribution in [3.63, 3.8) is 0 Å². The number of nitrogens with zero attached hydrogens (tertiary/aromatic N) is 1. The maximum Gasteiger partial charge on any atom is 0.241 e. The lowest BCUT2D eigenvalue weighted by Gasteiger charge is -2.25. The third kappa shape index (κ3) is 4.74. The van der Waals surface area contributed by atoms with E-state index >= 15 is 0 Å². The molecule has 20 heavy (non-hydrogen) atoms. The number of carbonyl (C=O) groups excluding carboxylic acids is 1. The minimum absolute atomic E-state index is 0.00385. The van der Waals surface area contributed by atoms with Gasteiger partial charge in [0.2, 0.25) is 5.91 Å². The van der Waals surface area contributed by atoms with Crippen molar-refractivity contribution in [2.75, 3.05) is 19.8 Å². The Balaban J connectivity index is 2.62. The van der Waals surface area contributed by atoms with E-state index in [2.05, 4.69) is 33.0 Å². The zero-order chi connectivity index (χ0) is 15.1. The summed E-state index contributed by atoms with van der Waals surface area (Å²) in [6, 6.07) is -0.00385. The van der Waals surface area contributed by atoms with Gasteiger partial charge in [-0.15, -0.1) is 0 Å². The molecule has 118 valence electrons. The molecule has 1 aliphatic heterocycles. The molecule has 1 saturated heterocycles. The Kier molecular flexibility index (Phi) is 7.52. The smallest absolute Gasteiger partial charge is 0.241 e. The fraction of sp³-hybridized carbons (Fsp3) is 0.938. The van der Waals surface area contributed by atoms with E-state index < -0.39 is 0 Å². The molecule has 1 N–H and O–H groups in total. The molecule has 0 aromatic rings. The van der Waals surface area contributed by atoms with Crippen LogP contribution in [0.2, 0.25) is 0 Å². The average Bonchev–Trinajstić information content (AvgIpc) is 2.70. The van der Waals surface area contributed by atoms with Gasteiger partial charge < -0.3 is 9.64 Å². The molecule has 0 spiro atoms. The Hall–Kier alpha value is -0.610. The molecule has 1 amide bonds. The van der Waals surface area contributed by atoms with Crippen molar-refractivity contribution in [2.24, 2.45) is 11.8 Å². The lowest BCUT2D eigenvalue weighted by Crippen LogP contribution is -2.39. The first kappa shape index (κ1) is 17.4. The highest BCUT2D eigenvalue weighted by atomic mass is 16.5. The first-order valence-electron chi connectivity index (χ1n) is 8.15. The molecule has 0 aliphatic carbocycles. The lowest BCUT2D eigenvalue weighted by atomic mass is 9.99. The normalized spacial score (nSPS) is 24.7. The highest BCUT2D eigenvalue weighted by Crippen LogP contribution is 2.23. The summed E-state index contributed by atoms with van der Waals surface area (Å²) in [6.45, 7) is 13.0. The van der Waals surface area contributed by atoms with E-state index in [1.54, 1.807) is 0 Å². The number of amides is 1. The molecule has 1 heterocycles. The highest BCUT2D eigenvalue weighted by molar-refractivity contribution is 5.84. The summed E-state index contributed by atoms with van der Waals surface area (Å²) in [5, 5.41) is 3.55. The number of ether oxygens (including phenoxy) is 1. The molecule has 1 aliphatic rings. The molecule has 3 unspecified atom stereocenters. The van der Waals surface area contributed by atoms with Crippen LogP contribution in [-0.2, 0) is 9.53 Å². The van der Waals surface area contributed by atoms with E-state index in [-0.39, 0.29) is 18.1 Å². The SMILES string of the molecule is CCOCCCN1C(=O)C(C(C)CC)NC1CC(C)C. The molecule has 4 heteroatoms. The molecule has 0 aromatic heterocycles. The van der Waals surface area contributed by atoms with Crippen LogP contribution in [0.4, 0.5) is 0 Å². The van der Waals surface area contributed by atoms with Gasteiger partial charge in [0, 0.05) is 19.8 Å². The third-order valence-corrected chi connectivity index (χ3v) is 4.10. The van der Waals surface area contributed by atoms with Gasteiger partial charge in [-0.25, -0.2) is 0 Å². The second-order valence-corrected chi connectivity index (χ2v) is 6.26. The second kappa shape index (κ2) is 8.63. The fourth-order valence-corrected chi connectivity index (χ4v) is 2.73. The fourth-order valence-electron chi connectivity index (χ4n) is 2.73. The van der Waals surface area contributed by atoms with Crippen molar-refractivity contribution in [1.82, 2.24) is 10.2 Å². The van der Waals surface area contributed by atoms with Crippen LogP contribution in [0, 0.1) is 11.8 Å². The van der Waals surface area contributed by atoms with Gasteiger partial charge in [0.15, 0.2) is 0 Å². The summed E-state index contributed by atoms with van der Waals surface area (Å²) in [5.74, 6) is 1.26. The summed E-state index contributed by atoms with van der Waals surface area (Å²) in [5.41, 5.74) is 0. The topological polar surface area (TPSA) is 41.6 Å². The van der Waals surface area contributed by atoms with E-state index in [4.69, 9.17) is 4.74 Å². The number of rotatable bonds is 9. The molecule has 4 nitrogen and oxygen atoms in total. The van der Waals surface area contributed by atoms with Gasteiger partial charge in [-0.3, -0.25) is 10.1 Å². The molecule has 0 saturated carbocycles. The van der Waals surface area contributed by atoms with E-state index in [1.807, 2.05) is 11.8 Å². The zero-order valence-electron chi connectivity index (χ0n) is 13.8. The predicted octanol–water partition coefficient (Wildman–Crippen LogP) is 2.63. The summed E-state index contributed by atoms with van der Waals surface area (Å²) in [7, 11) is 0. The standard InChI is InChI=1S/C16H32N2O2/c1-6-13(5)15-16(19)18(9-8-10-20-7-2)14(17-15)11-12(3)4/h12-15,17H,6-11H2,1-5H3. The molecule has 1 rings (SSSR count). The minimum atomic E-state index is -0.00385. The van der Waals surface area contributed by atoms with Crippen LogP contribution < -0.4 is 5.32 Å². The number of hydrogen-bond donors (Lipinski definition) is 1. The minimum Gasteiger partial charge on any atom is -0.382 e. The van der Waals surface area contributed by atoms with Crippen molar-refractivity contribution in [3.8, 4) is 0 Å². The van der Waals surface area contributed by atoms with Crippen molar-refractivity contribution in [2.45, 2.75) is 66.1 Å². The molecule has 0 radical (unpaired) electrons. The predicted molar refractivity (Wildman–Crippen MR) is 82.4 cm³/mol. The van der Waals surface area contributed by atoms with Gasteiger partial charge in [0.1, 0.15) is 0 Å². The monoisotopic (exact) mass is 284 g/mol. The van der Waals surface area contributed by atoms with Crippen molar-refractivity contribution < 1.29 is 9.53 Å². The van der Waals surface area contributed by atoms with E-state index in [1.165, 1.54) is 0 Å². The molecule has 0 aromatic carbocycles. The van der Waals surface area contributed by atoms with Gasteiger partial charge in [0.05, 0.1) is 12.2 Å². The maximum absolute atomic E-state index is 12.6. The van der Waals surface area contributed by atoms with Gasteiger partial charge in [-0.2, -0.15) is 0 Å². The van der Waals surface area contributed by atoms with E-state index in [0.29, 0.717) is 11.8 Å². The lowest BCUT2D eigenvalue weighted by molar-refractivity contribution is -0.131. The Bertz CT molecular complexity index is 294. The third-order valence-electron chi connectivity index (χ3n) is 4.10. The van der Waals surface area contributed by atoms with Gasteiger partial charge >= 0.3 is 0 Å². The second-order valence-electron chi connectivity index (χ2n) is 6.26. The van der Waals surface area contributed by atoms with E-state index in [0.717, 1.165) is 39.0 Å². The van der Waals surface area contributed by atoms with Crippen molar-refractivity contribution in [3.05, 3.63) is 0 Å². The Morgan fingerprint density at radius 2 is 2.00 bits per heavy atom. The van der Waals surface area contributed by atoms with Crippen LogP contribution >= 0.6 is 0 Å². The number of hydrogen-bond acceptors (Lipinski definition) is 3. The van der Waals surface area contributed by atoms with Crippen LogP contribution in [0.15, 0.2) is 0 Å². The summed E-state index contributed by atoms with van der Waals surface area (Å²) >= 11 is 0. The summed E-state index contributed by atoms with van der Waals surface area (Å²) < 4.78 is 5.38. The van der Waals surface area contributed by atoms with Crippen LogP contribution in [0.1, 0.15) is 53.9 Å². The zero-order valence-corrected chi connectivity index (χ0v) is 13.8. The van der Waals surface area contributed by atoms with E-state index in [9.17, 15) is 4.79 Å². The molecule has 3 atom stereocenters. The van der Waals surface area contributed by atoms with Crippen LogP contribution in [-0.4, -0.2) is 42.8 Å².